The van der Waals surface area contributed by atoms with E-state index in [2.05, 4.69) is 38.1 Å². The Morgan fingerprint density at radius 2 is 1.42 bits per heavy atom. The van der Waals surface area contributed by atoms with Crippen molar-refractivity contribution in [3.8, 4) is 16.9 Å². The molecule has 0 fully saturated rings. The molecular weight excluding hydrogens is 236 g/mol. The van der Waals surface area contributed by atoms with Crippen molar-refractivity contribution in [2.75, 3.05) is 13.2 Å². The van der Waals surface area contributed by atoms with Gasteiger partial charge in [-0.05, 0) is 34.7 Å². The smallest absolute Gasteiger partial charge is 0.119 e. The number of hydrogen-bond donors (Lipinski definition) is 1. The maximum Gasteiger partial charge on any atom is 0.119 e. The van der Waals surface area contributed by atoms with E-state index in [1.54, 1.807) is 0 Å². The number of aliphatic hydroxyl groups is 1. The third-order valence-corrected chi connectivity index (χ3v) is 3.13. The zero-order chi connectivity index (χ0) is 13.7. The summed E-state index contributed by atoms with van der Waals surface area (Å²) in [5.74, 6) is 1.35. The van der Waals surface area contributed by atoms with Crippen molar-refractivity contribution >= 4 is 0 Å². The van der Waals surface area contributed by atoms with Crippen molar-refractivity contribution < 1.29 is 9.84 Å². The quantitative estimate of drug-likeness (QED) is 0.880. The van der Waals surface area contributed by atoms with Gasteiger partial charge in [0.1, 0.15) is 12.4 Å². The Labute approximate surface area is 114 Å². The average Bonchev–Trinajstić information content (AvgIpc) is 2.46. The molecule has 0 aromatic heterocycles. The van der Waals surface area contributed by atoms with Gasteiger partial charge in [0, 0.05) is 0 Å². The summed E-state index contributed by atoms with van der Waals surface area (Å²) >= 11 is 0. The largest absolute Gasteiger partial charge is 0.491 e. The van der Waals surface area contributed by atoms with Gasteiger partial charge in [-0.3, -0.25) is 0 Å². The molecule has 2 aromatic carbocycles. The summed E-state index contributed by atoms with van der Waals surface area (Å²) in [6, 6.07) is 16.6. The minimum atomic E-state index is 0.0401. The summed E-state index contributed by atoms with van der Waals surface area (Å²) in [5.41, 5.74) is 3.73. The predicted octanol–water partition coefficient (Wildman–Crippen LogP) is 3.85. The Balaban J connectivity index is 2.13. The molecule has 0 radical (unpaired) electrons. The molecule has 0 amide bonds. The van der Waals surface area contributed by atoms with Crippen molar-refractivity contribution in [1.82, 2.24) is 0 Å². The number of rotatable bonds is 5. The second-order valence-corrected chi connectivity index (χ2v) is 4.87. The van der Waals surface area contributed by atoms with Crippen LogP contribution in [0.4, 0.5) is 0 Å². The predicted molar refractivity (Wildman–Crippen MR) is 78.5 cm³/mol. The van der Waals surface area contributed by atoms with Crippen LogP contribution >= 0.6 is 0 Å². The van der Waals surface area contributed by atoms with Crippen LogP contribution < -0.4 is 4.74 Å². The van der Waals surface area contributed by atoms with E-state index in [4.69, 9.17) is 9.84 Å². The van der Waals surface area contributed by atoms with Gasteiger partial charge in [0.2, 0.25) is 0 Å². The van der Waals surface area contributed by atoms with Crippen LogP contribution in [0.2, 0.25) is 0 Å². The molecule has 0 heterocycles. The first-order valence-corrected chi connectivity index (χ1v) is 6.65. The third kappa shape index (κ3) is 3.58. The van der Waals surface area contributed by atoms with Gasteiger partial charge in [0.25, 0.3) is 0 Å². The van der Waals surface area contributed by atoms with Crippen molar-refractivity contribution in [3.63, 3.8) is 0 Å². The Bertz CT molecular complexity index is 498. The number of hydrogen-bond acceptors (Lipinski definition) is 2. The molecule has 0 aliphatic heterocycles. The number of aliphatic hydroxyl groups excluding tert-OH is 1. The van der Waals surface area contributed by atoms with Gasteiger partial charge in [-0.2, -0.15) is 0 Å². The van der Waals surface area contributed by atoms with E-state index in [1.165, 1.54) is 16.7 Å². The van der Waals surface area contributed by atoms with E-state index >= 15 is 0 Å². The molecule has 0 saturated heterocycles. The van der Waals surface area contributed by atoms with E-state index in [0.717, 1.165) is 5.75 Å². The molecule has 2 nitrogen and oxygen atoms in total. The first-order chi connectivity index (χ1) is 9.20. The molecule has 19 heavy (non-hydrogen) atoms. The molecule has 2 heteroatoms. The number of ether oxygens (including phenoxy) is 1. The Hall–Kier alpha value is -1.80. The molecule has 2 aromatic rings. The summed E-state index contributed by atoms with van der Waals surface area (Å²) in [4.78, 5) is 0. The molecule has 100 valence electrons. The average molecular weight is 256 g/mol. The van der Waals surface area contributed by atoms with E-state index in [0.29, 0.717) is 12.5 Å². The van der Waals surface area contributed by atoms with Crippen LogP contribution in [0.3, 0.4) is 0 Å². The minimum Gasteiger partial charge on any atom is -0.491 e. The lowest BCUT2D eigenvalue weighted by Crippen LogP contribution is -2.01. The van der Waals surface area contributed by atoms with E-state index < -0.39 is 0 Å². The van der Waals surface area contributed by atoms with E-state index in [1.807, 2.05) is 24.3 Å². The molecule has 0 atom stereocenters. The van der Waals surface area contributed by atoms with Crippen LogP contribution in [-0.4, -0.2) is 18.3 Å². The molecule has 0 bridgehead atoms. The highest BCUT2D eigenvalue weighted by Crippen LogP contribution is 2.24. The monoisotopic (exact) mass is 256 g/mol. The highest BCUT2D eigenvalue weighted by atomic mass is 16.5. The topological polar surface area (TPSA) is 29.5 Å². The summed E-state index contributed by atoms with van der Waals surface area (Å²) < 4.78 is 5.35. The second-order valence-electron chi connectivity index (χ2n) is 4.87. The summed E-state index contributed by atoms with van der Waals surface area (Å²) in [5, 5.41) is 8.71. The Morgan fingerprint density at radius 1 is 0.895 bits per heavy atom. The van der Waals surface area contributed by atoms with Crippen molar-refractivity contribution in [2.45, 2.75) is 19.8 Å². The normalized spacial score (nSPS) is 10.7. The molecule has 0 unspecified atom stereocenters. The standard InChI is InChI=1S/C17H20O2/c1-13(2)14-3-5-15(6-4-14)16-7-9-17(10-8-16)19-12-11-18/h3-10,13,18H,11-12H2,1-2H3. The number of benzene rings is 2. The molecular formula is C17H20O2. The third-order valence-electron chi connectivity index (χ3n) is 3.13. The first kappa shape index (κ1) is 13.6. The van der Waals surface area contributed by atoms with Gasteiger partial charge >= 0.3 is 0 Å². The zero-order valence-corrected chi connectivity index (χ0v) is 11.5. The van der Waals surface area contributed by atoms with Crippen molar-refractivity contribution in [3.05, 3.63) is 54.1 Å². The Morgan fingerprint density at radius 3 is 1.89 bits per heavy atom. The van der Waals surface area contributed by atoms with Gasteiger partial charge in [0.05, 0.1) is 6.61 Å². The van der Waals surface area contributed by atoms with Crippen LogP contribution in [0.1, 0.15) is 25.3 Å². The van der Waals surface area contributed by atoms with Gasteiger partial charge in [0.15, 0.2) is 0 Å². The maximum atomic E-state index is 8.71. The van der Waals surface area contributed by atoms with Crippen LogP contribution in [-0.2, 0) is 0 Å². The fraction of sp³-hybridized carbons (Fsp3) is 0.294. The van der Waals surface area contributed by atoms with Gasteiger partial charge in [-0.25, -0.2) is 0 Å². The molecule has 0 aliphatic rings. The van der Waals surface area contributed by atoms with Crippen LogP contribution in [0.25, 0.3) is 11.1 Å². The second kappa shape index (κ2) is 6.39. The van der Waals surface area contributed by atoms with E-state index in [9.17, 15) is 0 Å². The van der Waals surface area contributed by atoms with Gasteiger partial charge in [-0.15, -0.1) is 0 Å². The SMILES string of the molecule is CC(C)c1ccc(-c2ccc(OCCO)cc2)cc1. The zero-order valence-electron chi connectivity index (χ0n) is 11.5. The fourth-order valence-electron chi connectivity index (χ4n) is 1.97. The molecule has 1 N–H and O–H groups in total. The first-order valence-electron chi connectivity index (χ1n) is 6.65. The van der Waals surface area contributed by atoms with Crippen molar-refractivity contribution in [1.29, 1.82) is 0 Å². The lowest BCUT2D eigenvalue weighted by molar-refractivity contribution is 0.201. The minimum absolute atomic E-state index is 0.0401. The van der Waals surface area contributed by atoms with Crippen molar-refractivity contribution in [2.24, 2.45) is 0 Å². The van der Waals surface area contributed by atoms with Crippen LogP contribution in [0.15, 0.2) is 48.5 Å². The van der Waals surface area contributed by atoms with Gasteiger partial charge < -0.3 is 9.84 Å². The molecule has 0 saturated carbocycles. The van der Waals surface area contributed by atoms with Crippen LogP contribution in [0.5, 0.6) is 5.75 Å². The summed E-state index contributed by atoms with van der Waals surface area (Å²) in [6.07, 6.45) is 0. The lowest BCUT2D eigenvalue weighted by Gasteiger charge is -2.08. The summed E-state index contributed by atoms with van der Waals surface area (Å²) in [6.45, 7) is 4.77. The highest BCUT2D eigenvalue weighted by Gasteiger charge is 2.01. The van der Waals surface area contributed by atoms with E-state index in [-0.39, 0.29) is 6.61 Å². The maximum absolute atomic E-state index is 8.71. The fourth-order valence-corrected chi connectivity index (χ4v) is 1.97. The molecule has 2 rings (SSSR count). The van der Waals surface area contributed by atoms with Crippen LogP contribution in [0, 0.1) is 0 Å². The lowest BCUT2D eigenvalue weighted by atomic mass is 9.99. The highest BCUT2D eigenvalue weighted by molar-refractivity contribution is 5.64. The summed E-state index contributed by atoms with van der Waals surface area (Å²) in [7, 11) is 0. The van der Waals surface area contributed by atoms with Gasteiger partial charge in [-0.1, -0.05) is 50.2 Å². The molecule has 0 aliphatic carbocycles. The Kier molecular flexibility index (Phi) is 4.58. The molecule has 0 spiro atoms.